The van der Waals surface area contributed by atoms with Crippen molar-refractivity contribution in [1.29, 1.82) is 0 Å². The molecular formula is C13H28O. The van der Waals surface area contributed by atoms with Crippen LogP contribution in [0.4, 0.5) is 0 Å². The summed E-state index contributed by atoms with van der Waals surface area (Å²) < 4.78 is 4.91. The van der Waals surface area contributed by atoms with Gasteiger partial charge in [-0.05, 0) is 29.6 Å². The van der Waals surface area contributed by atoms with Gasteiger partial charge >= 0.3 is 0 Å². The van der Waals surface area contributed by atoms with Crippen molar-refractivity contribution in [1.82, 2.24) is 0 Å². The Labute approximate surface area is 90.2 Å². The van der Waals surface area contributed by atoms with Crippen LogP contribution in [-0.4, -0.2) is 13.7 Å². The Bertz CT molecular complexity index is 144. The molecule has 0 aromatic carbocycles. The molecule has 1 aliphatic rings. The van der Waals surface area contributed by atoms with E-state index in [1.54, 1.807) is 7.11 Å². The van der Waals surface area contributed by atoms with Crippen LogP contribution in [0.15, 0.2) is 0 Å². The quantitative estimate of drug-likeness (QED) is 0.618. The van der Waals surface area contributed by atoms with E-state index in [2.05, 4.69) is 41.5 Å². The van der Waals surface area contributed by atoms with Crippen molar-refractivity contribution in [3.63, 3.8) is 0 Å². The van der Waals surface area contributed by atoms with E-state index in [9.17, 15) is 0 Å². The van der Waals surface area contributed by atoms with E-state index in [1.165, 1.54) is 12.8 Å². The molecule has 0 aromatic heterocycles. The second-order valence-electron chi connectivity index (χ2n) is 6.63. The lowest BCUT2D eigenvalue weighted by Gasteiger charge is -2.15. The maximum atomic E-state index is 4.91. The molecule has 0 unspecified atom stereocenters. The molecule has 0 radical (unpaired) electrons. The highest BCUT2D eigenvalue weighted by atomic mass is 16.5. The van der Waals surface area contributed by atoms with Crippen LogP contribution in [0.2, 0.25) is 0 Å². The highest BCUT2D eigenvalue weighted by molar-refractivity contribution is 4.84. The Kier molecular flexibility index (Phi) is 5.14. The van der Waals surface area contributed by atoms with E-state index in [0.717, 1.165) is 12.5 Å². The second-order valence-corrected chi connectivity index (χ2v) is 6.63. The zero-order valence-corrected chi connectivity index (χ0v) is 11.1. The summed E-state index contributed by atoms with van der Waals surface area (Å²) >= 11 is 0. The first-order valence-corrected chi connectivity index (χ1v) is 5.66. The fourth-order valence-corrected chi connectivity index (χ4v) is 1.38. The van der Waals surface area contributed by atoms with Crippen LogP contribution in [0.5, 0.6) is 0 Å². The van der Waals surface area contributed by atoms with Crippen LogP contribution >= 0.6 is 0 Å². The Morgan fingerprint density at radius 3 is 1.43 bits per heavy atom. The monoisotopic (exact) mass is 200 g/mol. The standard InChI is InChI=1S/C7H14.C6H14O/c1-7(2,3)6-4-5-6;1-6(2,3)5-7-4/h6H,4-5H2,1-3H3;5H2,1-4H3. The van der Waals surface area contributed by atoms with Gasteiger partial charge in [-0.1, -0.05) is 41.5 Å². The normalized spacial score (nSPS) is 17.4. The molecule has 1 nitrogen and oxygen atoms in total. The zero-order chi connectivity index (χ0) is 11.4. The maximum Gasteiger partial charge on any atom is 0.0510 e. The maximum absolute atomic E-state index is 4.91. The van der Waals surface area contributed by atoms with E-state index < -0.39 is 0 Å². The summed E-state index contributed by atoms with van der Waals surface area (Å²) in [5.41, 5.74) is 0.939. The van der Waals surface area contributed by atoms with Gasteiger partial charge in [0.1, 0.15) is 0 Å². The fraction of sp³-hybridized carbons (Fsp3) is 1.00. The second kappa shape index (κ2) is 5.16. The molecule has 0 aromatic rings. The highest BCUT2D eigenvalue weighted by Crippen LogP contribution is 2.44. The molecule has 0 atom stereocenters. The van der Waals surface area contributed by atoms with Crippen molar-refractivity contribution in [2.24, 2.45) is 16.7 Å². The lowest BCUT2D eigenvalue weighted by Crippen LogP contribution is -2.12. The van der Waals surface area contributed by atoms with Gasteiger partial charge in [0, 0.05) is 7.11 Å². The molecule has 0 aliphatic heterocycles. The SMILES string of the molecule is CC(C)(C)C1CC1.COCC(C)(C)C. The predicted molar refractivity (Wildman–Crippen MR) is 63.5 cm³/mol. The van der Waals surface area contributed by atoms with Crippen molar-refractivity contribution < 1.29 is 4.74 Å². The van der Waals surface area contributed by atoms with E-state index >= 15 is 0 Å². The smallest absolute Gasteiger partial charge is 0.0510 e. The van der Waals surface area contributed by atoms with E-state index in [0.29, 0.717) is 10.8 Å². The van der Waals surface area contributed by atoms with Crippen LogP contribution in [0.3, 0.4) is 0 Å². The minimum atomic E-state index is 0.328. The van der Waals surface area contributed by atoms with Gasteiger partial charge in [-0.25, -0.2) is 0 Å². The summed E-state index contributed by atoms with van der Waals surface area (Å²) in [6, 6.07) is 0. The molecule has 0 spiro atoms. The molecule has 1 aliphatic carbocycles. The molecule has 1 saturated carbocycles. The Hall–Kier alpha value is -0.0400. The lowest BCUT2D eigenvalue weighted by molar-refractivity contribution is 0.116. The third kappa shape index (κ3) is 8.55. The third-order valence-corrected chi connectivity index (χ3v) is 2.38. The Balaban J connectivity index is 0.000000241. The molecule has 14 heavy (non-hydrogen) atoms. The minimum absolute atomic E-state index is 0.328. The first-order valence-electron chi connectivity index (χ1n) is 5.66. The molecule has 0 heterocycles. The lowest BCUT2D eigenvalue weighted by atomic mass is 9.91. The summed E-state index contributed by atoms with van der Waals surface area (Å²) in [5.74, 6) is 1.05. The summed E-state index contributed by atoms with van der Waals surface area (Å²) in [7, 11) is 1.73. The largest absolute Gasteiger partial charge is 0.384 e. The van der Waals surface area contributed by atoms with E-state index in [-0.39, 0.29) is 0 Å². The van der Waals surface area contributed by atoms with Gasteiger partial charge in [-0.3, -0.25) is 0 Å². The predicted octanol–water partition coefficient (Wildman–Crippen LogP) is 4.12. The minimum Gasteiger partial charge on any atom is -0.384 e. The summed E-state index contributed by atoms with van der Waals surface area (Å²) in [6.45, 7) is 14.3. The number of ether oxygens (including phenoxy) is 1. The molecule has 0 bridgehead atoms. The number of methoxy groups -OCH3 is 1. The summed E-state index contributed by atoms with van der Waals surface area (Å²) in [4.78, 5) is 0. The fourth-order valence-electron chi connectivity index (χ4n) is 1.38. The van der Waals surface area contributed by atoms with Gasteiger partial charge in [0.15, 0.2) is 0 Å². The van der Waals surface area contributed by atoms with Gasteiger partial charge in [-0.15, -0.1) is 0 Å². The summed E-state index contributed by atoms with van der Waals surface area (Å²) in [5, 5.41) is 0. The number of hydrogen-bond donors (Lipinski definition) is 0. The molecule has 1 rings (SSSR count). The Morgan fingerprint density at radius 1 is 1.00 bits per heavy atom. The molecule has 1 heteroatoms. The van der Waals surface area contributed by atoms with Gasteiger partial charge in [0.25, 0.3) is 0 Å². The van der Waals surface area contributed by atoms with Crippen molar-refractivity contribution in [2.75, 3.05) is 13.7 Å². The van der Waals surface area contributed by atoms with Crippen molar-refractivity contribution in [2.45, 2.75) is 54.4 Å². The van der Waals surface area contributed by atoms with Crippen LogP contribution in [0.1, 0.15) is 54.4 Å². The molecule has 1 fully saturated rings. The van der Waals surface area contributed by atoms with E-state index in [4.69, 9.17) is 4.74 Å². The zero-order valence-electron chi connectivity index (χ0n) is 11.1. The topological polar surface area (TPSA) is 9.23 Å². The first-order chi connectivity index (χ1) is 6.17. The third-order valence-electron chi connectivity index (χ3n) is 2.38. The van der Waals surface area contributed by atoms with Crippen LogP contribution in [0, 0.1) is 16.7 Å². The van der Waals surface area contributed by atoms with E-state index in [1.807, 2.05) is 0 Å². The number of rotatable bonds is 1. The highest BCUT2D eigenvalue weighted by Gasteiger charge is 2.33. The number of hydrogen-bond acceptors (Lipinski definition) is 1. The van der Waals surface area contributed by atoms with Crippen molar-refractivity contribution in [3.8, 4) is 0 Å². The van der Waals surface area contributed by atoms with Gasteiger partial charge in [0.05, 0.1) is 6.61 Å². The van der Waals surface area contributed by atoms with Crippen LogP contribution in [0.25, 0.3) is 0 Å². The van der Waals surface area contributed by atoms with Gasteiger partial charge < -0.3 is 4.74 Å². The molecular weight excluding hydrogens is 172 g/mol. The van der Waals surface area contributed by atoms with Crippen LogP contribution in [-0.2, 0) is 4.74 Å². The molecule has 86 valence electrons. The molecule has 0 saturated heterocycles. The summed E-state index contributed by atoms with van der Waals surface area (Å²) in [6.07, 6.45) is 2.95. The van der Waals surface area contributed by atoms with Crippen LogP contribution < -0.4 is 0 Å². The van der Waals surface area contributed by atoms with Gasteiger partial charge in [-0.2, -0.15) is 0 Å². The van der Waals surface area contributed by atoms with Crippen molar-refractivity contribution >= 4 is 0 Å². The van der Waals surface area contributed by atoms with Crippen molar-refractivity contribution in [3.05, 3.63) is 0 Å². The Morgan fingerprint density at radius 2 is 1.43 bits per heavy atom. The average Bonchev–Trinajstić information content (AvgIpc) is 2.61. The van der Waals surface area contributed by atoms with Gasteiger partial charge in [0.2, 0.25) is 0 Å². The molecule has 0 N–H and O–H groups in total. The average molecular weight is 200 g/mol. The molecule has 0 amide bonds. The first kappa shape index (κ1) is 14.0.